The van der Waals surface area contributed by atoms with Crippen LogP contribution in [0.2, 0.25) is 0 Å². The summed E-state index contributed by atoms with van der Waals surface area (Å²) in [6, 6.07) is 8.10. The maximum atomic E-state index is 13.6. The lowest BCUT2D eigenvalue weighted by atomic mass is 10.2. The molecule has 0 aliphatic carbocycles. The first-order chi connectivity index (χ1) is 11.4. The lowest BCUT2D eigenvalue weighted by Crippen LogP contribution is -2.33. The second kappa shape index (κ2) is 7.29. The van der Waals surface area contributed by atoms with Crippen LogP contribution in [-0.4, -0.2) is 12.0 Å². The summed E-state index contributed by atoms with van der Waals surface area (Å²) in [5.74, 6) is -11.5. The van der Waals surface area contributed by atoms with E-state index in [-0.39, 0.29) is 6.42 Å². The fourth-order valence-electron chi connectivity index (χ4n) is 1.90. The Morgan fingerprint density at radius 2 is 1.46 bits per heavy atom. The number of rotatable bonds is 5. The molecule has 0 saturated carbocycles. The van der Waals surface area contributed by atoms with Gasteiger partial charge in [-0.3, -0.25) is 4.79 Å². The van der Waals surface area contributed by atoms with Gasteiger partial charge in [-0.25, -0.2) is 22.0 Å². The van der Waals surface area contributed by atoms with Crippen molar-refractivity contribution in [3.05, 3.63) is 59.4 Å². The number of carbonyl (C=O) groups excluding carboxylic acids is 1. The predicted molar refractivity (Wildman–Crippen MR) is 76.0 cm³/mol. The summed E-state index contributed by atoms with van der Waals surface area (Å²) in [6.07, 6.45) is -1.07. The molecule has 0 spiro atoms. The largest absolute Gasteiger partial charge is 0.481 e. The van der Waals surface area contributed by atoms with Crippen LogP contribution in [0.15, 0.2) is 30.3 Å². The molecule has 1 amide bonds. The Hall–Kier alpha value is -2.64. The van der Waals surface area contributed by atoms with Gasteiger partial charge in [0.15, 0.2) is 29.4 Å². The molecule has 128 valence electrons. The molecule has 0 unspecified atom stereocenters. The number of nitrogens with one attached hydrogen (secondary N) is 1. The molecule has 0 bridgehead atoms. The molecule has 8 heteroatoms. The van der Waals surface area contributed by atoms with Crippen LogP contribution in [-0.2, 0) is 4.79 Å². The number of benzene rings is 2. The van der Waals surface area contributed by atoms with Crippen molar-refractivity contribution in [3.8, 4) is 5.75 Å². The highest BCUT2D eigenvalue weighted by Gasteiger charge is 2.29. The predicted octanol–water partition coefficient (Wildman–Crippen LogP) is 4.18. The van der Waals surface area contributed by atoms with E-state index in [0.717, 1.165) is 0 Å². The van der Waals surface area contributed by atoms with E-state index in [1.165, 1.54) is 0 Å². The van der Waals surface area contributed by atoms with Crippen LogP contribution in [0.1, 0.15) is 13.3 Å². The van der Waals surface area contributed by atoms with Crippen LogP contribution < -0.4 is 10.1 Å². The second-order valence-electron chi connectivity index (χ2n) is 4.76. The molecule has 0 fully saturated rings. The number of ether oxygens (including phenoxy) is 1. The molecule has 0 aliphatic heterocycles. The van der Waals surface area contributed by atoms with Gasteiger partial charge in [0.25, 0.3) is 5.91 Å². The maximum Gasteiger partial charge on any atom is 0.265 e. The second-order valence-corrected chi connectivity index (χ2v) is 4.76. The van der Waals surface area contributed by atoms with E-state index in [1.54, 1.807) is 42.6 Å². The highest BCUT2D eigenvalue weighted by Crippen LogP contribution is 2.27. The number of hydrogen-bond acceptors (Lipinski definition) is 2. The number of halogens is 5. The van der Waals surface area contributed by atoms with Crippen LogP contribution in [0.25, 0.3) is 0 Å². The van der Waals surface area contributed by atoms with E-state index >= 15 is 0 Å². The summed E-state index contributed by atoms with van der Waals surface area (Å²) in [5.41, 5.74) is -1.41. The first-order valence-electron chi connectivity index (χ1n) is 6.90. The number of carbonyl (C=O) groups is 1. The van der Waals surface area contributed by atoms with Gasteiger partial charge in [-0.05, 0) is 18.6 Å². The molecule has 0 heterocycles. The van der Waals surface area contributed by atoms with Gasteiger partial charge in [0.05, 0.1) is 0 Å². The Kier molecular flexibility index (Phi) is 5.38. The van der Waals surface area contributed by atoms with Gasteiger partial charge < -0.3 is 10.1 Å². The smallest absolute Gasteiger partial charge is 0.265 e. The van der Waals surface area contributed by atoms with Gasteiger partial charge in [0, 0.05) is 0 Å². The Labute approximate surface area is 134 Å². The molecule has 2 rings (SSSR count). The Bertz CT molecular complexity index is 723. The third kappa shape index (κ3) is 3.47. The van der Waals surface area contributed by atoms with Crippen molar-refractivity contribution in [2.24, 2.45) is 0 Å². The lowest BCUT2D eigenvalue weighted by Gasteiger charge is -2.18. The minimum Gasteiger partial charge on any atom is -0.481 e. The van der Waals surface area contributed by atoms with Crippen molar-refractivity contribution in [2.75, 3.05) is 5.32 Å². The van der Waals surface area contributed by atoms with E-state index in [0.29, 0.717) is 5.75 Å². The maximum absolute atomic E-state index is 13.6. The molecule has 1 N–H and O–H groups in total. The summed E-state index contributed by atoms with van der Waals surface area (Å²) in [6.45, 7) is 1.56. The highest BCUT2D eigenvalue weighted by atomic mass is 19.2. The summed E-state index contributed by atoms with van der Waals surface area (Å²) < 4.78 is 71.8. The van der Waals surface area contributed by atoms with Crippen LogP contribution in [0, 0.1) is 29.1 Å². The number of amides is 1. The van der Waals surface area contributed by atoms with E-state index in [4.69, 9.17) is 4.74 Å². The molecule has 0 aromatic heterocycles. The van der Waals surface area contributed by atoms with Crippen molar-refractivity contribution >= 4 is 11.6 Å². The Morgan fingerprint density at radius 1 is 0.958 bits per heavy atom. The van der Waals surface area contributed by atoms with E-state index in [2.05, 4.69) is 0 Å². The van der Waals surface area contributed by atoms with Crippen LogP contribution in [0.5, 0.6) is 5.75 Å². The van der Waals surface area contributed by atoms with E-state index < -0.39 is 46.8 Å². The summed E-state index contributed by atoms with van der Waals surface area (Å²) >= 11 is 0. The van der Waals surface area contributed by atoms with E-state index in [1.807, 2.05) is 0 Å². The monoisotopic (exact) mass is 345 g/mol. The molecule has 1 atom stereocenters. The van der Waals surface area contributed by atoms with Gasteiger partial charge in [0.1, 0.15) is 11.4 Å². The first kappa shape index (κ1) is 17.7. The molecule has 2 aromatic rings. The number of anilines is 1. The fourth-order valence-corrected chi connectivity index (χ4v) is 1.90. The van der Waals surface area contributed by atoms with Crippen LogP contribution in [0.3, 0.4) is 0 Å². The third-order valence-electron chi connectivity index (χ3n) is 3.14. The quantitative estimate of drug-likeness (QED) is 0.502. The lowest BCUT2D eigenvalue weighted by molar-refractivity contribution is -0.122. The standard InChI is InChI=1S/C16H12F5NO2/c1-2-9(24-8-6-4-3-5-7-8)16(23)22-15-13(20)11(18)10(17)12(19)14(15)21/h3-7,9H,2H2,1H3,(H,22,23)/t9-/m1/s1. The van der Waals surface area contributed by atoms with Gasteiger partial charge in [-0.2, -0.15) is 0 Å². The molecule has 2 aromatic carbocycles. The Morgan fingerprint density at radius 3 is 1.96 bits per heavy atom. The van der Waals surface area contributed by atoms with Gasteiger partial charge in [0.2, 0.25) is 5.82 Å². The van der Waals surface area contributed by atoms with Crippen molar-refractivity contribution in [1.82, 2.24) is 0 Å². The van der Waals surface area contributed by atoms with Crippen molar-refractivity contribution in [2.45, 2.75) is 19.4 Å². The summed E-state index contributed by atoms with van der Waals surface area (Å²) in [5, 5.41) is 1.70. The van der Waals surface area contributed by atoms with Gasteiger partial charge in [-0.15, -0.1) is 0 Å². The van der Waals surface area contributed by atoms with Crippen LogP contribution >= 0.6 is 0 Å². The molecule has 24 heavy (non-hydrogen) atoms. The fraction of sp³-hybridized carbons (Fsp3) is 0.188. The Balaban J connectivity index is 2.25. The summed E-state index contributed by atoms with van der Waals surface area (Å²) in [7, 11) is 0. The molecular formula is C16H12F5NO2. The summed E-state index contributed by atoms with van der Waals surface area (Å²) in [4.78, 5) is 12.1. The first-order valence-corrected chi connectivity index (χ1v) is 6.90. The molecule has 0 radical (unpaired) electrons. The van der Waals surface area contributed by atoms with Gasteiger partial charge >= 0.3 is 0 Å². The van der Waals surface area contributed by atoms with Gasteiger partial charge in [-0.1, -0.05) is 25.1 Å². The molecular weight excluding hydrogens is 333 g/mol. The SMILES string of the molecule is CC[C@@H](Oc1ccccc1)C(=O)Nc1c(F)c(F)c(F)c(F)c1F. The number of para-hydroxylation sites is 1. The third-order valence-corrected chi connectivity index (χ3v) is 3.14. The average molecular weight is 345 g/mol. The highest BCUT2D eigenvalue weighted by molar-refractivity contribution is 5.94. The van der Waals surface area contributed by atoms with Crippen LogP contribution in [0.4, 0.5) is 27.6 Å². The zero-order chi connectivity index (χ0) is 17.9. The van der Waals surface area contributed by atoms with E-state index in [9.17, 15) is 26.7 Å². The molecule has 3 nitrogen and oxygen atoms in total. The van der Waals surface area contributed by atoms with Crippen molar-refractivity contribution < 1.29 is 31.5 Å². The minimum atomic E-state index is -2.30. The minimum absolute atomic E-state index is 0.107. The number of hydrogen-bond donors (Lipinski definition) is 1. The topological polar surface area (TPSA) is 38.3 Å². The normalized spacial score (nSPS) is 11.9. The van der Waals surface area contributed by atoms with Crippen molar-refractivity contribution in [3.63, 3.8) is 0 Å². The average Bonchev–Trinajstić information content (AvgIpc) is 2.60. The molecule has 0 saturated heterocycles. The zero-order valence-corrected chi connectivity index (χ0v) is 12.4. The zero-order valence-electron chi connectivity index (χ0n) is 12.4. The van der Waals surface area contributed by atoms with Crippen molar-refractivity contribution in [1.29, 1.82) is 0 Å². The molecule has 0 aliphatic rings.